The number of urea groups is 1. The monoisotopic (exact) mass is 331 g/mol. The molecule has 0 unspecified atom stereocenters. The molecule has 0 aliphatic heterocycles. The van der Waals surface area contributed by atoms with Crippen molar-refractivity contribution in [2.45, 2.75) is 26.8 Å². The van der Waals surface area contributed by atoms with Gasteiger partial charge in [0, 0.05) is 12.2 Å². The molecular weight excluding hydrogens is 310 g/mol. The van der Waals surface area contributed by atoms with E-state index in [1.807, 2.05) is 38.1 Å². The largest absolute Gasteiger partial charge is 0.464 e. The lowest BCUT2D eigenvalue weighted by Crippen LogP contribution is -2.35. The predicted octanol–water partition coefficient (Wildman–Crippen LogP) is 3.21. The third kappa shape index (κ3) is 4.58. The molecule has 24 heavy (non-hydrogen) atoms. The van der Waals surface area contributed by atoms with E-state index >= 15 is 0 Å². The van der Waals surface area contributed by atoms with Crippen LogP contribution in [0.1, 0.15) is 35.3 Å². The number of carbonyl (C=O) groups is 2. The van der Waals surface area contributed by atoms with E-state index in [9.17, 15) is 9.59 Å². The molecule has 0 radical (unpaired) electrons. The van der Waals surface area contributed by atoms with Gasteiger partial charge < -0.3 is 19.4 Å². The van der Waals surface area contributed by atoms with Crippen molar-refractivity contribution < 1.29 is 18.7 Å². The van der Waals surface area contributed by atoms with Crippen LogP contribution in [0.4, 0.5) is 10.5 Å². The van der Waals surface area contributed by atoms with E-state index in [4.69, 9.17) is 4.42 Å². The zero-order valence-corrected chi connectivity index (χ0v) is 14.0. The number of methoxy groups -OCH3 is 1. The zero-order chi connectivity index (χ0) is 17.5. The van der Waals surface area contributed by atoms with Crippen molar-refractivity contribution in [2.24, 2.45) is 0 Å². The molecule has 1 heterocycles. The molecule has 0 saturated heterocycles. The lowest BCUT2D eigenvalue weighted by molar-refractivity contribution is 0.0594. The number of aromatic nitrogens is 1. The summed E-state index contributed by atoms with van der Waals surface area (Å²) in [5.74, 6) is -0.292. The van der Waals surface area contributed by atoms with Crippen LogP contribution in [0.2, 0.25) is 0 Å². The summed E-state index contributed by atoms with van der Waals surface area (Å²) in [6, 6.07) is 7.31. The zero-order valence-electron chi connectivity index (χ0n) is 14.0. The van der Waals surface area contributed by atoms with Gasteiger partial charge in [0.15, 0.2) is 5.69 Å². The first-order valence-corrected chi connectivity index (χ1v) is 7.68. The minimum Gasteiger partial charge on any atom is -0.464 e. The normalized spacial score (nSPS) is 10.3. The summed E-state index contributed by atoms with van der Waals surface area (Å²) < 4.78 is 9.84. The number of rotatable bonds is 6. The molecule has 0 aliphatic carbocycles. The van der Waals surface area contributed by atoms with Crippen LogP contribution in [-0.2, 0) is 11.3 Å². The molecule has 1 N–H and O–H groups in total. The van der Waals surface area contributed by atoms with Crippen LogP contribution in [0.25, 0.3) is 0 Å². The Bertz CT molecular complexity index is 711. The highest BCUT2D eigenvalue weighted by Gasteiger charge is 2.18. The topological polar surface area (TPSA) is 84.7 Å². The van der Waals surface area contributed by atoms with E-state index in [0.29, 0.717) is 6.54 Å². The van der Waals surface area contributed by atoms with Gasteiger partial charge in [0.1, 0.15) is 6.26 Å². The summed E-state index contributed by atoms with van der Waals surface area (Å²) >= 11 is 0. The smallest absolute Gasteiger partial charge is 0.360 e. The standard InChI is InChI=1S/C17H21N3O4/c1-4-8-20(10-15-19-14(11-24-15)16(21)23-3)17(22)18-13-7-5-6-12(2)9-13/h5-7,9,11H,4,8,10H2,1-3H3,(H,18,22). The number of ether oxygens (including phenoxy) is 1. The molecule has 2 amide bonds. The predicted molar refractivity (Wildman–Crippen MR) is 88.7 cm³/mol. The summed E-state index contributed by atoms with van der Waals surface area (Å²) in [4.78, 5) is 29.5. The van der Waals surface area contributed by atoms with Gasteiger partial charge in [-0.1, -0.05) is 19.1 Å². The first kappa shape index (κ1) is 17.5. The Labute approximate surface area is 140 Å². The van der Waals surface area contributed by atoms with Crippen molar-refractivity contribution in [1.29, 1.82) is 0 Å². The molecule has 0 fully saturated rings. The second kappa shape index (κ2) is 8.14. The minimum atomic E-state index is -0.573. The first-order chi connectivity index (χ1) is 11.5. The van der Waals surface area contributed by atoms with Gasteiger partial charge in [-0.15, -0.1) is 0 Å². The fourth-order valence-corrected chi connectivity index (χ4v) is 2.19. The van der Waals surface area contributed by atoms with Gasteiger partial charge in [0.2, 0.25) is 5.89 Å². The molecule has 128 valence electrons. The molecule has 1 aromatic heterocycles. The van der Waals surface area contributed by atoms with E-state index in [2.05, 4.69) is 15.0 Å². The van der Waals surface area contributed by atoms with Gasteiger partial charge in [-0.05, 0) is 31.0 Å². The number of hydrogen-bond donors (Lipinski definition) is 1. The highest BCUT2D eigenvalue weighted by Crippen LogP contribution is 2.13. The number of esters is 1. The van der Waals surface area contributed by atoms with E-state index in [1.165, 1.54) is 13.4 Å². The van der Waals surface area contributed by atoms with E-state index in [0.717, 1.165) is 17.7 Å². The SMILES string of the molecule is CCCN(Cc1nc(C(=O)OC)co1)C(=O)Nc1cccc(C)c1. The van der Waals surface area contributed by atoms with Gasteiger partial charge >= 0.3 is 12.0 Å². The summed E-state index contributed by atoms with van der Waals surface area (Å²) in [5.41, 5.74) is 1.87. The average molecular weight is 331 g/mol. The number of anilines is 1. The number of benzene rings is 1. The molecule has 7 nitrogen and oxygen atoms in total. The van der Waals surface area contributed by atoms with E-state index in [1.54, 1.807) is 4.90 Å². The quantitative estimate of drug-likeness (QED) is 0.822. The van der Waals surface area contributed by atoms with Crippen LogP contribution in [0.15, 0.2) is 34.9 Å². The Morgan fingerprint density at radius 3 is 2.83 bits per heavy atom. The van der Waals surface area contributed by atoms with Gasteiger partial charge in [-0.3, -0.25) is 0 Å². The van der Waals surface area contributed by atoms with Crippen LogP contribution in [0.3, 0.4) is 0 Å². The Morgan fingerprint density at radius 2 is 2.17 bits per heavy atom. The first-order valence-electron chi connectivity index (χ1n) is 7.68. The molecule has 0 saturated carbocycles. The number of aryl methyl sites for hydroxylation is 1. The van der Waals surface area contributed by atoms with Gasteiger partial charge in [0.25, 0.3) is 0 Å². The van der Waals surface area contributed by atoms with Crippen molar-refractivity contribution >= 4 is 17.7 Å². The number of hydrogen-bond acceptors (Lipinski definition) is 5. The summed E-state index contributed by atoms with van der Waals surface area (Å²) in [7, 11) is 1.27. The van der Waals surface area contributed by atoms with Crippen molar-refractivity contribution in [3.05, 3.63) is 47.7 Å². The molecule has 1 aromatic carbocycles. The van der Waals surface area contributed by atoms with Crippen LogP contribution in [0, 0.1) is 6.92 Å². The van der Waals surface area contributed by atoms with Crippen molar-refractivity contribution in [3.63, 3.8) is 0 Å². The summed E-state index contributed by atoms with van der Waals surface area (Å²) in [6.45, 7) is 4.64. The van der Waals surface area contributed by atoms with Gasteiger partial charge in [0.05, 0.1) is 13.7 Å². The maximum absolute atomic E-state index is 12.5. The average Bonchev–Trinajstić information content (AvgIpc) is 3.02. The number of nitrogens with zero attached hydrogens (tertiary/aromatic N) is 2. The molecule has 2 rings (SSSR count). The van der Waals surface area contributed by atoms with E-state index in [-0.39, 0.29) is 24.2 Å². The summed E-state index contributed by atoms with van der Waals surface area (Å²) in [5, 5.41) is 2.85. The van der Waals surface area contributed by atoms with Crippen LogP contribution >= 0.6 is 0 Å². The highest BCUT2D eigenvalue weighted by molar-refractivity contribution is 5.89. The molecule has 0 bridgehead atoms. The fourth-order valence-electron chi connectivity index (χ4n) is 2.19. The number of oxazole rings is 1. The van der Waals surface area contributed by atoms with Crippen molar-refractivity contribution in [1.82, 2.24) is 9.88 Å². The van der Waals surface area contributed by atoms with Crippen molar-refractivity contribution in [3.8, 4) is 0 Å². The Morgan fingerprint density at radius 1 is 1.38 bits per heavy atom. The van der Waals surface area contributed by atoms with Crippen LogP contribution < -0.4 is 5.32 Å². The molecule has 0 spiro atoms. The molecule has 2 aromatic rings. The Hall–Kier alpha value is -2.83. The third-order valence-electron chi connectivity index (χ3n) is 3.32. The van der Waals surface area contributed by atoms with E-state index < -0.39 is 5.97 Å². The third-order valence-corrected chi connectivity index (χ3v) is 3.32. The lowest BCUT2D eigenvalue weighted by atomic mass is 10.2. The Balaban J connectivity index is 2.06. The number of amides is 2. The molecular formula is C17H21N3O4. The van der Waals surface area contributed by atoms with Crippen LogP contribution in [-0.4, -0.2) is 35.5 Å². The lowest BCUT2D eigenvalue weighted by Gasteiger charge is -2.21. The van der Waals surface area contributed by atoms with Crippen LogP contribution in [0.5, 0.6) is 0 Å². The fraction of sp³-hybridized carbons (Fsp3) is 0.353. The second-order valence-electron chi connectivity index (χ2n) is 5.34. The van der Waals surface area contributed by atoms with Crippen molar-refractivity contribution in [2.75, 3.05) is 19.0 Å². The Kier molecular flexibility index (Phi) is 5.95. The second-order valence-corrected chi connectivity index (χ2v) is 5.34. The summed E-state index contributed by atoms with van der Waals surface area (Å²) in [6.07, 6.45) is 2.01. The van der Waals surface area contributed by atoms with Gasteiger partial charge in [-0.2, -0.15) is 0 Å². The molecule has 7 heteroatoms. The minimum absolute atomic E-state index is 0.0861. The van der Waals surface area contributed by atoms with Gasteiger partial charge in [-0.25, -0.2) is 14.6 Å². The maximum Gasteiger partial charge on any atom is 0.360 e. The molecule has 0 aliphatic rings. The highest BCUT2D eigenvalue weighted by atomic mass is 16.5. The maximum atomic E-state index is 12.5. The number of carbonyl (C=O) groups excluding carboxylic acids is 2. The number of nitrogens with one attached hydrogen (secondary N) is 1. The molecule has 0 atom stereocenters.